The SMILES string of the molecule is Cc1cc(N2CCOC[C@@H]2C(F)(F)F)cc(F)c1C(=O)N[C@@H](Cc1ccc(-c2c(C(F)(F)F)cc(C)n(C)c2=O)c2c1COC2)C(=O)O. The number of benzene rings is 2. The monoisotopic (exact) mass is 685 g/mol. The summed E-state index contributed by atoms with van der Waals surface area (Å²) in [6.45, 7) is 1.52. The van der Waals surface area contributed by atoms with Crippen molar-refractivity contribution in [1.82, 2.24) is 9.88 Å². The third kappa shape index (κ3) is 6.63. The summed E-state index contributed by atoms with van der Waals surface area (Å²) in [6, 6.07) is 1.77. The second-order valence-corrected chi connectivity index (χ2v) is 11.7. The molecule has 1 fully saturated rings. The molecule has 0 aliphatic carbocycles. The fourth-order valence-electron chi connectivity index (χ4n) is 6.09. The standard InChI is InChI=1S/C32H30F7N3O6/c1-15-8-18(42-6-7-47-14-25(42)32(37,38)39)11-23(33)26(15)28(43)40-24(30(45)46)10-17-4-5-19(21-13-48-12-20(17)21)27-22(31(34,35)36)9-16(2)41(3)29(27)44/h4-5,8-9,11,24-25H,6-7,10,12-14H2,1-3H3,(H,40,43)(H,45,46)/t24-,25+/m0/s1. The van der Waals surface area contributed by atoms with Gasteiger partial charge in [-0.15, -0.1) is 0 Å². The van der Waals surface area contributed by atoms with Crippen molar-refractivity contribution in [3.8, 4) is 11.1 Å². The molecular formula is C32H30F7N3O6. The molecular weight excluding hydrogens is 655 g/mol. The van der Waals surface area contributed by atoms with E-state index in [1.165, 1.54) is 39.1 Å². The Morgan fingerprint density at radius 3 is 2.35 bits per heavy atom. The van der Waals surface area contributed by atoms with E-state index < -0.39 is 71.0 Å². The number of aromatic nitrogens is 1. The molecule has 16 heteroatoms. The minimum atomic E-state index is -4.86. The topological polar surface area (TPSA) is 110 Å². The van der Waals surface area contributed by atoms with E-state index in [0.717, 1.165) is 21.6 Å². The van der Waals surface area contributed by atoms with Crippen LogP contribution in [-0.2, 0) is 47.1 Å². The van der Waals surface area contributed by atoms with Crippen molar-refractivity contribution in [1.29, 1.82) is 0 Å². The molecule has 1 amide bonds. The molecule has 5 rings (SSSR count). The van der Waals surface area contributed by atoms with Crippen molar-refractivity contribution in [3.05, 3.63) is 85.6 Å². The summed E-state index contributed by atoms with van der Waals surface area (Å²) in [5.41, 5.74) is -2.37. The smallest absolute Gasteiger partial charge is 0.417 e. The van der Waals surface area contributed by atoms with Crippen molar-refractivity contribution in [2.45, 2.75) is 57.9 Å². The molecule has 258 valence electrons. The number of alkyl halides is 6. The zero-order valence-corrected chi connectivity index (χ0v) is 25.8. The molecule has 0 unspecified atom stereocenters. The lowest BCUT2D eigenvalue weighted by Gasteiger charge is -2.38. The summed E-state index contributed by atoms with van der Waals surface area (Å²) in [7, 11) is 1.34. The van der Waals surface area contributed by atoms with Gasteiger partial charge in [0.15, 0.2) is 0 Å². The highest BCUT2D eigenvalue weighted by Gasteiger charge is 2.46. The maximum absolute atomic E-state index is 15.3. The number of amides is 1. The van der Waals surface area contributed by atoms with Crippen LogP contribution in [0.4, 0.5) is 36.4 Å². The normalized spacial score (nSPS) is 17.3. The van der Waals surface area contributed by atoms with Gasteiger partial charge in [-0.1, -0.05) is 12.1 Å². The zero-order valence-electron chi connectivity index (χ0n) is 25.8. The van der Waals surface area contributed by atoms with Crippen LogP contribution in [0.3, 0.4) is 0 Å². The quantitative estimate of drug-likeness (QED) is 0.335. The predicted molar refractivity (Wildman–Crippen MR) is 157 cm³/mol. The molecule has 2 atom stereocenters. The van der Waals surface area contributed by atoms with E-state index in [4.69, 9.17) is 9.47 Å². The maximum Gasteiger partial charge on any atom is 0.417 e. The number of aliphatic carboxylic acids is 1. The number of ether oxygens (including phenoxy) is 2. The van der Waals surface area contributed by atoms with Crippen molar-refractivity contribution in [2.75, 3.05) is 24.7 Å². The van der Waals surface area contributed by atoms with E-state index in [0.29, 0.717) is 11.1 Å². The molecule has 3 aromatic rings. The first-order valence-corrected chi connectivity index (χ1v) is 14.6. The van der Waals surface area contributed by atoms with Crippen molar-refractivity contribution in [3.63, 3.8) is 0 Å². The number of rotatable bonds is 7. The Morgan fingerprint density at radius 2 is 1.73 bits per heavy atom. The third-order valence-corrected chi connectivity index (χ3v) is 8.63. The number of hydrogen-bond acceptors (Lipinski definition) is 6. The average Bonchev–Trinajstić information content (AvgIpc) is 3.49. The minimum Gasteiger partial charge on any atom is -0.480 e. The summed E-state index contributed by atoms with van der Waals surface area (Å²) in [4.78, 5) is 39.5. The number of fused-ring (bicyclic) bond motifs is 1. The molecule has 0 radical (unpaired) electrons. The van der Waals surface area contributed by atoms with E-state index in [1.54, 1.807) is 0 Å². The molecule has 1 saturated heterocycles. The van der Waals surface area contributed by atoms with E-state index >= 15 is 4.39 Å². The van der Waals surface area contributed by atoms with Gasteiger partial charge in [-0.3, -0.25) is 9.59 Å². The highest BCUT2D eigenvalue weighted by Crippen LogP contribution is 2.40. The lowest BCUT2D eigenvalue weighted by atomic mass is 9.89. The first kappa shape index (κ1) is 34.9. The Kier molecular flexibility index (Phi) is 9.36. The van der Waals surface area contributed by atoms with Crippen LogP contribution in [0, 0.1) is 19.7 Å². The van der Waals surface area contributed by atoms with Gasteiger partial charge >= 0.3 is 18.3 Å². The summed E-state index contributed by atoms with van der Waals surface area (Å²) in [5.74, 6) is -3.82. The van der Waals surface area contributed by atoms with Crippen LogP contribution in [0.25, 0.3) is 11.1 Å². The van der Waals surface area contributed by atoms with E-state index in [1.807, 2.05) is 0 Å². The summed E-state index contributed by atoms with van der Waals surface area (Å²) in [5, 5.41) is 12.2. The molecule has 0 saturated carbocycles. The van der Waals surface area contributed by atoms with Crippen LogP contribution >= 0.6 is 0 Å². The Morgan fingerprint density at radius 1 is 1.04 bits per heavy atom. The highest BCUT2D eigenvalue weighted by molar-refractivity contribution is 5.98. The number of carboxylic acid groups (broad SMARTS) is 1. The largest absolute Gasteiger partial charge is 0.480 e. The molecule has 2 N–H and O–H groups in total. The Labute approximate surface area is 268 Å². The van der Waals surface area contributed by atoms with Crippen LogP contribution < -0.4 is 15.8 Å². The van der Waals surface area contributed by atoms with Crippen molar-refractivity contribution in [2.24, 2.45) is 7.05 Å². The van der Waals surface area contributed by atoms with Gasteiger partial charge in [-0.25, -0.2) is 9.18 Å². The van der Waals surface area contributed by atoms with E-state index in [-0.39, 0.29) is 60.9 Å². The van der Waals surface area contributed by atoms with E-state index in [2.05, 4.69) is 5.32 Å². The zero-order chi connectivity index (χ0) is 35.3. The molecule has 48 heavy (non-hydrogen) atoms. The van der Waals surface area contributed by atoms with Gasteiger partial charge < -0.3 is 29.4 Å². The predicted octanol–water partition coefficient (Wildman–Crippen LogP) is 5.05. The number of aryl methyl sites for hydroxylation is 2. The minimum absolute atomic E-state index is 0.0269. The Bertz CT molecular complexity index is 1810. The molecule has 2 aliphatic rings. The lowest BCUT2D eigenvalue weighted by Crippen LogP contribution is -2.53. The fraction of sp³-hybridized carbons (Fsp3) is 0.406. The van der Waals surface area contributed by atoms with Gasteiger partial charge in [0.2, 0.25) is 0 Å². The lowest BCUT2D eigenvalue weighted by molar-refractivity contribution is -0.167. The fourth-order valence-corrected chi connectivity index (χ4v) is 6.09. The Balaban J connectivity index is 1.45. The highest BCUT2D eigenvalue weighted by atomic mass is 19.4. The first-order chi connectivity index (χ1) is 22.4. The van der Waals surface area contributed by atoms with Crippen LogP contribution in [-0.4, -0.2) is 59.6 Å². The molecule has 0 spiro atoms. The number of carbonyl (C=O) groups is 2. The first-order valence-electron chi connectivity index (χ1n) is 14.6. The van der Waals surface area contributed by atoms with Crippen LogP contribution in [0.5, 0.6) is 0 Å². The second kappa shape index (κ2) is 12.9. The average molecular weight is 686 g/mol. The van der Waals surface area contributed by atoms with Gasteiger partial charge in [0.1, 0.15) is 17.9 Å². The van der Waals surface area contributed by atoms with Crippen LogP contribution in [0.1, 0.15) is 43.9 Å². The summed E-state index contributed by atoms with van der Waals surface area (Å²) in [6.07, 6.45) is -9.91. The molecule has 3 heterocycles. The number of carboxylic acids is 1. The van der Waals surface area contributed by atoms with Gasteiger partial charge in [-0.05, 0) is 59.9 Å². The molecule has 0 bridgehead atoms. The van der Waals surface area contributed by atoms with Crippen molar-refractivity contribution >= 4 is 17.6 Å². The number of halogens is 7. The third-order valence-electron chi connectivity index (χ3n) is 8.63. The number of morpholine rings is 1. The molecule has 9 nitrogen and oxygen atoms in total. The number of nitrogens with one attached hydrogen (secondary N) is 1. The number of anilines is 1. The van der Waals surface area contributed by atoms with E-state index in [9.17, 15) is 45.8 Å². The number of nitrogens with zero attached hydrogens (tertiary/aromatic N) is 2. The van der Waals surface area contributed by atoms with Crippen molar-refractivity contribution < 1.29 is 54.9 Å². The van der Waals surface area contributed by atoms with Crippen LogP contribution in [0.15, 0.2) is 35.1 Å². The van der Waals surface area contributed by atoms with Gasteiger partial charge in [0.25, 0.3) is 11.5 Å². The van der Waals surface area contributed by atoms with Gasteiger partial charge in [0.05, 0.1) is 43.1 Å². The second-order valence-electron chi connectivity index (χ2n) is 11.7. The number of carbonyl (C=O) groups excluding carboxylic acids is 1. The van der Waals surface area contributed by atoms with Gasteiger partial charge in [-0.2, -0.15) is 26.3 Å². The maximum atomic E-state index is 15.3. The molecule has 2 aromatic carbocycles. The number of hydrogen-bond donors (Lipinski definition) is 2. The Hall–Kier alpha value is -4.44. The number of pyridine rings is 1. The molecule has 1 aromatic heterocycles. The molecule has 2 aliphatic heterocycles. The van der Waals surface area contributed by atoms with Crippen LogP contribution in [0.2, 0.25) is 0 Å². The summed E-state index contributed by atoms with van der Waals surface area (Å²) < 4.78 is 110. The summed E-state index contributed by atoms with van der Waals surface area (Å²) >= 11 is 0. The van der Waals surface area contributed by atoms with Gasteiger partial charge in [0, 0.05) is 31.4 Å².